The highest BCUT2D eigenvalue weighted by Gasteiger charge is 2.25. The number of nitrogens with zero attached hydrogens (tertiary/aromatic N) is 3. The van der Waals surface area contributed by atoms with Crippen LogP contribution in [0, 0.1) is 6.92 Å². The van der Waals surface area contributed by atoms with Crippen LogP contribution in [0.5, 0.6) is 0 Å². The van der Waals surface area contributed by atoms with Crippen molar-refractivity contribution in [1.82, 2.24) is 20.0 Å². The van der Waals surface area contributed by atoms with Gasteiger partial charge in [-0.1, -0.05) is 0 Å². The fourth-order valence-electron chi connectivity index (χ4n) is 2.51. The first-order chi connectivity index (χ1) is 10.0. The lowest BCUT2D eigenvalue weighted by Gasteiger charge is -2.31. The molecule has 0 radical (unpaired) electrons. The molecular formula is C14H22N4O3. The van der Waals surface area contributed by atoms with Gasteiger partial charge in [-0.05, 0) is 26.7 Å². The van der Waals surface area contributed by atoms with Crippen molar-refractivity contribution in [2.45, 2.75) is 32.7 Å². The summed E-state index contributed by atoms with van der Waals surface area (Å²) in [5, 5.41) is 7.18. The number of ether oxygens (including phenoxy) is 1. The van der Waals surface area contributed by atoms with Crippen molar-refractivity contribution in [3.63, 3.8) is 0 Å². The lowest BCUT2D eigenvalue weighted by atomic mass is 10.0. The Morgan fingerprint density at radius 2 is 2.10 bits per heavy atom. The van der Waals surface area contributed by atoms with Gasteiger partial charge in [-0.15, -0.1) is 0 Å². The van der Waals surface area contributed by atoms with Crippen molar-refractivity contribution in [3.8, 4) is 0 Å². The maximum absolute atomic E-state index is 12.2. The normalized spacial score (nSPS) is 15.9. The Kier molecular flexibility index (Phi) is 4.82. The fraction of sp³-hybridized carbons (Fsp3) is 0.643. The van der Waals surface area contributed by atoms with Crippen molar-refractivity contribution in [3.05, 3.63) is 17.5 Å². The zero-order valence-electron chi connectivity index (χ0n) is 12.8. The van der Waals surface area contributed by atoms with Gasteiger partial charge >= 0.3 is 6.09 Å². The Bertz CT molecular complexity index is 518. The standard InChI is InChI=1S/C14H22N4O3/c1-4-21-14(20)18-7-5-11(6-8-18)15-13(19)12-9-17(3)16-10(12)2/h9,11H,4-8H2,1-3H3,(H,15,19). The maximum atomic E-state index is 12.2. The van der Waals surface area contributed by atoms with Gasteiger partial charge in [0.25, 0.3) is 5.91 Å². The van der Waals surface area contributed by atoms with Crippen LogP contribution in [0.3, 0.4) is 0 Å². The van der Waals surface area contributed by atoms with Crippen molar-refractivity contribution < 1.29 is 14.3 Å². The summed E-state index contributed by atoms with van der Waals surface area (Å²) in [6, 6.07) is 0.0859. The van der Waals surface area contributed by atoms with Crippen molar-refractivity contribution in [1.29, 1.82) is 0 Å². The molecule has 0 aliphatic carbocycles. The number of aryl methyl sites for hydroxylation is 2. The van der Waals surface area contributed by atoms with E-state index in [1.165, 1.54) is 0 Å². The Morgan fingerprint density at radius 3 is 2.62 bits per heavy atom. The van der Waals surface area contributed by atoms with E-state index in [1.54, 1.807) is 29.7 Å². The molecule has 21 heavy (non-hydrogen) atoms. The van der Waals surface area contributed by atoms with Crippen molar-refractivity contribution in [2.75, 3.05) is 19.7 Å². The number of nitrogens with one attached hydrogen (secondary N) is 1. The molecule has 0 saturated carbocycles. The van der Waals surface area contributed by atoms with E-state index in [2.05, 4.69) is 10.4 Å². The average molecular weight is 294 g/mol. The average Bonchev–Trinajstić information content (AvgIpc) is 2.79. The predicted octanol–water partition coefficient (Wildman–Crippen LogP) is 1.08. The van der Waals surface area contributed by atoms with Gasteiger partial charge in [0.1, 0.15) is 0 Å². The first-order valence-corrected chi connectivity index (χ1v) is 7.24. The molecule has 1 aromatic rings. The van der Waals surface area contributed by atoms with Crippen LogP contribution >= 0.6 is 0 Å². The lowest BCUT2D eigenvalue weighted by Crippen LogP contribution is -2.46. The molecule has 2 heterocycles. The summed E-state index contributed by atoms with van der Waals surface area (Å²) < 4.78 is 6.61. The van der Waals surface area contributed by atoms with Gasteiger partial charge in [-0.2, -0.15) is 5.10 Å². The lowest BCUT2D eigenvalue weighted by molar-refractivity contribution is 0.0859. The molecule has 0 unspecified atom stereocenters. The highest BCUT2D eigenvalue weighted by molar-refractivity contribution is 5.95. The molecule has 2 rings (SSSR count). The monoisotopic (exact) mass is 294 g/mol. The Hall–Kier alpha value is -2.05. The molecule has 0 bridgehead atoms. The van der Waals surface area contributed by atoms with Crippen LogP contribution in [-0.4, -0.2) is 52.4 Å². The summed E-state index contributed by atoms with van der Waals surface area (Å²) in [6.45, 7) is 5.21. The third-order valence-corrected chi connectivity index (χ3v) is 3.61. The second kappa shape index (κ2) is 6.60. The number of amides is 2. The summed E-state index contributed by atoms with van der Waals surface area (Å²) in [6.07, 6.45) is 2.93. The minimum absolute atomic E-state index is 0.0859. The molecule has 1 saturated heterocycles. The van der Waals surface area contributed by atoms with Crippen LogP contribution in [0.2, 0.25) is 0 Å². The van der Waals surface area contributed by atoms with Gasteiger partial charge in [0.2, 0.25) is 0 Å². The third kappa shape index (κ3) is 3.74. The van der Waals surface area contributed by atoms with Gasteiger partial charge in [0.15, 0.2) is 0 Å². The number of likely N-dealkylation sites (tertiary alicyclic amines) is 1. The number of hydrogen-bond acceptors (Lipinski definition) is 4. The SMILES string of the molecule is CCOC(=O)N1CCC(NC(=O)c2cn(C)nc2C)CC1. The van der Waals surface area contributed by atoms with Crippen LogP contribution in [0.1, 0.15) is 35.8 Å². The van der Waals surface area contributed by atoms with Crippen molar-refractivity contribution in [2.24, 2.45) is 7.05 Å². The number of hydrogen-bond donors (Lipinski definition) is 1. The van der Waals surface area contributed by atoms with Gasteiger partial charge in [-0.25, -0.2) is 4.79 Å². The molecule has 116 valence electrons. The minimum atomic E-state index is -0.273. The van der Waals surface area contributed by atoms with Crippen LogP contribution in [-0.2, 0) is 11.8 Å². The summed E-state index contributed by atoms with van der Waals surface area (Å²) in [4.78, 5) is 25.5. The Balaban J connectivity index is 1.85. The minimum Gasteiger partial charge on any atom is -0.450 e. The van der Waals surface area contributed by atoms with E-state index in [0.29, 0.717) is 25.3 Å². The highest BCUT2D eigenvalue weighted by Crippen LogP contribution is 2.13. The number of carbonyl (C=O) groups excluding carboxylic acids is 2. The molecular weight excluding hydrogens is 272 g/mol. The fourth-order valence-corrected chi connectivity index (χ4v) is 2.51. The zero-order valence-corrected chi connectivity index (χ0v) is 12.8. The Labute approximate surface area is 124 Å². The van der Waals surface area contributed by atoms with Gasteiger partial charge in [0, 0.05) is 32.4 Å². The maximum Gasteiger partial charge on any atom is 0.409 e. The summed E-state index contributed by atoms with van der Waals surface area (Å²) in [7, 11) is 1.79. The zero-order chi connectivity index (χ0) is 15.4. The number of aromatic nitrogens is 2. The van der Waals surface area contributed by atoms with E-state index in [-0.39, 0.29) is 18.0 Å². The number of carbonyl (C=O) groups is 2. The Morgan fingerprint density at radius 1 is 1.43 bits per heavy atom. The first kappa shape index (κ1) is 15.3. The van der Waals surface area contributed by atoms with Gasteiger partial charge in [0.05, 0.1) is 17.9 Å². The molecule has 7 heteroatoms. The highest BCUT2D eigenvalue weighted by atomic mass is 16.6. The topological polar surface area (TPSA) is 76.5 Å². The molecule has 7 nitrogen and oxygen atoms in total. The molecule has 2 amide bonds. The van der Waals surface area contributed by atoms with Crippen LogP contribution in [0.4, 0.5) is 4.79 Å². The first-order valence-electron chi connectivity index (χ1n) is 7.24. The molecule has 0 aromatic carbocycles. The number of piperidine rings is 1. The van der Waals surface area contributed by atoms with Crippen LogP contribution in [0.15, 0.2) is 6.20 Å². The van der Waals surface area contributed by atoms with E-state index in [1.807, 2.05) is 6.92 Å². The third-order valence-electron chi connectivity index (χ3n) is 3.61. The van der Waals surface area contributed by atoms with E-state index < -0.39 is 0 Å². The molecule has 1 fully saturated rings. The van der Waals surface area contributed by atoms with Gasteiger partial charge in [-0.3, -0.25) is 9.48 Å². The number of rotatable bonds is 3. The summed E-state index contributed by atoms with van der Waals surface area (Å²) in [5.41, 5.74) is 1.32. The quantitative estimate of drug-likeness (QED) is 0.905. The summed E-state index contributed by atoms with van der Waals surface area (Å²) in [5.74, 6) is -0.102. The summed E-state index contributed by atoms with van der Waals surface area (Å²) >= 11 is 0. The van der Waals surface area contributed by atoms with Crippen LogP contribution in [0.25, 0.3) is 0 Å². The van der Waals surface area contributed by atoms with E-state index in [4.69, 9.17) is 4.74 Å². The predicted molar refractivity (Wildman–Crippen MR) is 77.0 cm³/mol. The molecule has 1 aliphatic rings. The van der Waals surface area contributed by atoms with E-state index in [0.717, 1.165) is 18.5 Å². The molecule has 1 aliphatic heterocycles. The second-order valence-electron chi connectivity index (χ2n) is 5.24. The van der Waals surface area contributed by atoms with Crippen LogP contribution < -0.4 is 5.32 Å². The molecule has 1 N–H and O–H groups in total. The second-order valence-corrected chi connectivity index (χ2v) is 5.24. The molecule has 0 spiro atoms. The molecule has 1 aromatic heterocycles. The van der Waals surface area contributed by atoms with Crippen molar-refractivity contribution >= 4 is 12.0 Å². The van der Waals surface area contributed by atoms with E-state index in [9.17, 15) is 9.59 Å². The van der Waals surface area contributed by atoms with Gasteiger partial charge < -0.3 is 15.0 Å². The largest absolute Gasteiger partial charge is 0.450 e. The van der Waals surface area contributed by atoms with E-state index >= 15 is 0 Å². The molecule has 0 atom stereocenters. The smallest absolute Gasteiger partial charge is 0.409 e.